The van der Waals surface area contributed by atoms with Gasteiger partial charge in [0.25, 0.3) is 5.91 Å². The molecule has 19 heavy (non-hydrogen) atoms. The molecule has 0 aliphatic carbocycles. The van der Waals surface area contributed by atoms with E-state index in [4.69, 9.17) is 5.73 Å². The van der Waals surface area contributed by atoms with Crippen LogP contribution in [0.3, 0.4) is 0 Å². The molecule has 2 N–H and O–H groups in total. The Balaban J connectivity index is 0.00000180. The molecular formula is C14H20ClFN2O. The molecule has 1 aliphatic heterocycles. The van der Waals surface area contributed by atoms with Gasteiger partial charge in [-0.3, -0.25) is 4.79 Å². The Labute approximate surface area is 119 Å². The smallest absolute Gasteiger partial charge is 0.253 e. The van der Waals surface area contributed by atoms with Crippen LogP contribution in [0.2, 0.25) is 0 Å². The molecule has 1 amide bonds. The molecule has 1 aromatic carbocycles. The summed E-state index contributed by atoms with van der Waals surface area (Å²) in [6, 6.07) is 4.60. The Morgan fingerprint density at radius 1 is 1.42 bits per heavy atom. The summed E-state index contributed by atoms with van der Waals surface area (Å²) in [5.41, 5.74) is 7.12. The predicted molar refractivity (Wildman–Crippen MR) is 76.0 cm³/mol. The molecule has 0 aromatic heterocycles. The Kier molecular flexibility index (Phi) is 5.32. The maximum Gasteiger partial charge on any atom is 0.253 e. The Morgan fingerprint density at radius 2 is 2.11 bits per heavy atom. The van der Waals surface area contributed by atoms with Crippen molar-refractivity contribution in [1.29, 1.82) is 0 Å². The van der Waals surface area contributed by atoms with Crippen LogP contribution in [0.4, 0.5) is 4.39 Å². The lowest BCUT2D eigenvalue weighted by Gasteiger charge is -2.35. The van der Waals surface area contributed by atoms with E-state index in [1.54, 1.807) is 17.9 Å². The molecule has 0 spiro atoms. The Bertz CT molecular complexity index is 447. The summed E-state index contributed by atoms with van der Waals surface area (Å²) in [5, 5.41) is 0. The van der Waals surface area contributed by atoms with Gasteiger partial charge in [-0.05, 0) is 43.0 Å². The van der Waals surface area contributed by atoms with Crippen LogP contribution < -0.4 is 5.73 Å². The van der Waals surface area contributed by atoms with Gasteiger partial charge in [0, 0.05) is 24.7 Å². The second-order valence-corrected chi connectivity index (χ2v) is 5.20. The molecule has 1 heterocycles. The van der Waals surface area contributed by atoms with E-state index in [9.17, 15) is 9.18 Å². The number of nitrogens with zero attached hydrogens (tertiary/aromatic N) is 1. The largest absolute Gasteiger partial charge is 0.338 e. The summed E-state index contributed by atoms with van der Waals surface area (Å²) in [5.74, 6) is -0.172. The van der Waals surface area contributed by atoms with Crippen LogP contribution in [0.15, 0.2) is 18.2 Å². The molecule has 106 valence electrons. The van der Waals surface area contributed by atoms with Gasteiger partial charge in [0.1, 0.15) is 5.82 Å². The number of carbonyl (C=O) groups excluding carboxylic acids is 1. The van der Waals surface area contributed by atoms with E-state index in [-0.39, 0.29) is 36.1 Å². The van der Waals surface area contributed by atoms with Crippen molar-refractivity contribution < 1.29 is 9.18 Å². The van der Waals surface area contributed by atoms with E-state index in [1.165, 1.54) is 12.1 Å². The summed E-state index contributed by atoms with van der Waals surface area (Å²) in [6.45, 7) is 5.13. The number of rotatable bonds is 1. The molecule has 1 aliphatic rings. The monoisotopic (exact) mass is 286 g/mol. The molecule has 1 aromatic rings. The Hall–Kier alpha value is -1.13. The van der Waals surface area contributed by atoms with Crippen LogP contribution in [-0.4, -0.2) is 29.9 Å². The Morgan fingerprint density at radius 3 is 2.68 bits per heavy atom. The van der Waals surface area contributed by atoms with Crippen LogP contribution in [0.5, 0.6) is 0 Å². The van der Waals surface area contributed by atoms with Gasteiger partial charge in [0.2, 0.25) is 0 Å². The average molecular weight is 287 g/mol. The topological polar surface area (TPSA) is 46.3 Å². The van der Waals surface area contributed by atoms with Crippen molar-refractivity contribution in [2.24, 2.45) is 11.7 Å². The number of aryl methyl sites for hydroxylation is 1. The number of carbonyl (C=O) groups is 1. The highest BCUT2D eigenvalue weighted by molar-refractivity contribution is 5.94. The van der Waals surface area contributed by atoms with Crippen molar-refractivity contribution in [2.45, 2.75) is 26.3 Å². The molecule has 0 bridgehead atoms. The van der Waals surface area contributed by atoms with Crippen molar-refractivity contribution in [3.8, 4) is 0 Å². The first kappa shape index (κ1) is 15.9. The van der Waals surface area contributed by atoms with Gasteiger partial charge < -0.3 is 10.6 Å². The number of benzene rings is 1. The van der Waals surface area contributed by atoms with E-state index in [1.807, 2.05) is 6.92 Å². The predicted octanol–water partition coefficient (Wildman–Crippen LogP) is 2.37. The van der Waals surface area contributed by atoms with Crippen molar-refractivity contribution in [1.82, 2.24) is 4.90 Å². The van der Waals surface area contributed by atoms with Crippen LogP contribution in [0, 0.1) is 18.7 Å². The SMILES string of the molecule is Cc1cc(F)cc(C(=O)N2CCC(N)C(C)C2)c1.Cl. The summed E-state index contributed by atoms with van der Waals surface area (Å²) in [7, 11) is 0. The highest BCUT2D eigenvalue weighted by atomic mass is 35.5. The molecule has 1 fully saturated rings. The number of likely N-dealkylation sites (tertiary alicyclic amines) is 1. The lowest BCUT2D eigenvalue weighted by Crippen LogP contribution is -2.48. The van der Waals surface area contributed by atoms with Crippen LogP contribution in [-0.2, 0) is 0 Å². The normalized spacial score (nSPS) is 22.8. The quantitative estimate of drug-likeness (QED) is 0.861. The number of hydrogen-bond donors (Lipinski definition) is 1. The molecule has 2 atom stereocenters. The summed E-state index contributed by atoms with van der Waals surface area (Å²) < 4.78 is 13.3. The third-order valence-corrected chi connectivity index (χ3v) is 3.55. The van der Waals surface area contributed by atoms with Crippen molar-refractivity contribution in [3.05, 3.63) is 35.1 Å². The lowest BCUT2D eigenvalue weighted by atomic mass is 9.94. The highest BCUT2D eigenvalue weighted by Crippen LogP contribution is 2.18. The third kappa shape index (κ3) is 3.67. The van der Waals surface area contributed by atoms with Gasteiger partial charge >= 0.3 is 0 Å². The standard InChI is InChI=1S/C14H19FN2O.ClH/c1-9-5-11(7-12(15)6-9)14(18)17-4-3-13(16)10(2)8-17;/h5-7,10,13H,3-4,8,16H2,1-2H3;1H. The van der Waals surface area contributed by atoms with Crippen LogP contribution in [0.25, 0.3) is 0 Å². The summed E-state index contributed by atoms with van der Waals surface area (Å²) >= 11 is 0. The second-order valence-electron chi connectivity index (χ2n) is 5.20. The molecule has 2 unspecified atom stereocenters. The minimum Gasteiger partial charge on any atom is -0.338 e. The fraction of sp³-hybridized carbons (Fsp3) is 0.500. The average Bonchev–Trinajstić information content (AvgIpc) is 2.30. The zero-order chi connectivity index (χ0) is 13.3. The van der Waals surface area contributed by atoms with E-state index in [2.05, 4.69) is 0 Å². The number of hydrogen-bond acceptors (Lipinski definition) is 2. The maximum absolute atomic E-state index is 13.3. The van der Waals surface area contributed by atoms with E-state index in [0.717, 1.165) is 12.0 Å². The summed E-state index contributed by atoms with van der Waals surface area (Å²) in [4.78, 5) is 14.0. The first-order valence-electron chi connectivity index (χ1n) is 6.29. The van der Waals surface area contributed by atoms with Gasteiger partial charge in [0.15, 0.2) is 0 Å². The summed E-state index contributed by atoms with van der Waals surface area (Å²) in [6.07, 6.45) is 0.807. The molecule has 5 heteroatoms. The van der Waals surface area contributed by atoms with Gasteiger partial charge in [-0.15, -0.1) is 12.4 Å². The van der Waals surface area contributed by atoms with E-state index < -0.39 is 0 Å². The second kappa shape index (κ2) is 6.35. The van der Waals surface area contributed by atoms with Gasteiger partial charge in [-0.1, -0.05) is 6.92 Å². The number of nitrogens with two attached hydrogens (primary N) is 1. The first-order chi connectivity index (χ1) is 8.47. The molecule has 2 rings (SSSR count). The molecule has 0 saturated carbocycles. The zero-order valence-electron chi connectivity index (χ0n) is 11.2. The minimum atomic E-state index is -0.361. The maximum atomic E-state index is 13.3. The fourth-order valence-corrected chi connectivity index (χ4v) is 2.39. The fourth-order valence-electron chi connectivity index (χ4n) is 2.39. The molecular weight excluding hydrogens is 267 g/mol. The highest BCUT2D eigenvalue weighted by Gasteiger charge is 2.27. The zero-order valence-corrected chi connectivity index (χ0v) is 12.0. The number of halogens is 2. The molecule has 1 saturated heterocycles. The van der Waals surface area contributed by atoms with Gasteiger partial charge in [-0.2, -0.15) is 0 Å². The van der Waals surface area contributed by atoms with Gasteiger partial charge in [0.05, 0.1) is 0 Å². The van der Waals surface area contributed by atoms with Crippen molar-refractivity contribution in [2.75, 3.05) is 13.1 Å². The third-order valence-electron chi connectivity index (χ3n) is 3.55. The number of amides is 1. The minimum absolute atomic E-state index is 0. The van der Waals surface area contributed by atoms with Crippen LogP contribution in [0.1, 0.15) is 29.3 Å². The number of piperidine rings is 1. The van der Waals surface area contributed by atoms with Crippen molar-refractivity contribution >= 4 is 18.3 Å². The van der Waals surface area contributed by atoms with E-state index in [0.29, 0.717) is 18.7 Å². The van der Waals surface area contributed by atoms with E-state index >= 15 is 0 Å². The van der Waals surface area contributed by atoms with Gasteiger partial charge in [-0.25, -0.2) is 4.39 Å². The van der Waals surface area contributed by atoms with Crippen LogP contribution >= 0.6 is 12.4 Å². The molecule has 3 nitrogen and oxygen atoms in total. The lowest BCUT2D eigenvalue weighted by molar-refractivity contribution is 0.0663. The first-order valence-corrected chi connectivity index (χ1v) is 6.29. The molecule has 0 radical (unpaired) electrons. The van der Waals surface area contributed by atoms with Crippen molar-refractivity contribution in [3.63, 3.8) is 0 Å².